The van der Waals surface area contributed by atoms with Crippen LogP contribution in [0.15, 0.2) is 52.0 Å². The molecular formula is C21H25N3O6S. The van der Waals surface area contributed by atoms with Gasteiger partial charge >= 0.3 is 0 Å². The number of nitrogens with zero attached hydrogens (tertiary/aromatic N) is 2. The lowest BCUT2D eigenvalue weighted by atomic mass is 10.1. The number of hydrogen-bond acceptors (Lipinski definition) is 6. The average molecular weight is 448 g/mol. The van der Waals surface area contributed by atoms with Gasteiger partial charge in [-0.05, 0) is 49.2 Å². The molecule has 1 N–H and O–H groups in total. The number of carbonyl (C=O) groups excluding carboxylic acids is 2. The molecule has 0 aliphatic carbocycles. The summed E-state index contributed by atoms with van der Waals surface area (Å²) in [5.74, 6) is 0.324. The van der Waals surface area contributed by atoms with Gasteiger partial charge in [0.2, 0.25) is 10.0 Å². The standard InChI is InChI=1S/C21H25N3O6S/c25-20(23-9-11-24(12-10-23)21(26)19-4-2-14-30-19)16-5-7-18(8-6-16)31(27,28)22-15-17-3-1-13-29-17/h1,3,5-8,13,19,22H,2,4,9-12,14-15H2/t19-/m1/s1. The second-order valence-corrected chi connectivity index (χ2v) is 9.31. The Labute approximate surface area is 181 Å². The first-order valence-electron chi connectivity index (χ1n) is 10.3. The van der Waals surface area contributed by atoms with Gasteiger partial charge in [0.25, 0.3) is 11.8 Å². The lowest BCUT2D eigenvalue weighted by molar-refractivity contribution is -0.142. The molecule has 4 rings (SSSR count). The number of rotatable bonds is 6. The first-order chi connectivity index (χ1) is 14.9. The van der Waals surface area contributed by atoms with E-state index in [1.54, 1.807) is 21.9 Å². The summed E-state index contributed by atoms with van der Waals surface area (Å²) in [5, 5.41) is 0. The van der Waals surface area contributed by atoms with Crippen LogP contribution in [0, 0.1) is 0 Å². The molecule has 0 radical (unpaired) electrons. The number of ether oxygens (including phenoxy) is 1. The van der Waals surface area contributed by atoms with E-state index in [4.69, 9.17) is 9.15 Å². The Morgan fingerprint density at radius 1 is 1.03 bits per heavy atom. The van der Waals surface area contributed by atoms with E-state index in [0.717, 1.165) is 12.8 Å². The van der Waals surface area contributed by atoms with Crippen molar-refractivity contribution in [2.75, 3.05) is 32.8 Å². The second kappa shape index (κ2) is 9.21. The van der Waals surface area contributed by atoms with Crippen molar-refractivity contribution >= 4 is 21.8 Å². The van der Waals surface area contributed by atoms with E-state index in [1.165, 1.54) is 30.5 Å². The predicted molar refractivity (Wildman–Crippen MR) is 111 cm³/mol. The van der Waals surface area contributed by atoms with Crippen molar-refractivity contribution < 1.29 is 27.2 Å². The van der Waals surface area contributed by atoms with Crippen LogP contribution >= 0.6 is 0 Å². The van der Waals surface area contributed by atoms with Gasteiger partial charge in [0.15, 0.2) is 0 Å². The zero-order valence-corrected chi connectivity index (χ0v) is 17.8. The van der Waals surface area contributed by atoms with Gasteiger partial charge in [0, 0.05) is 38.3 Å². The number of carbonyl (C=O) groups is 2. The first kappa shape index (κ1) is 21.5. The van der Waals surface area contributed by atoms with Crippen LogP contribution in [-0.2, 0) is 26.1 Å². The summed E-state index contributed by atoms with van der Waals surface area (Å²) in [7, 11) is -3.72. The molecule has 9 nitrogen and oxygen atoms in total. The van der Waals surface area contributed by atoms with Crippen molar-refractivity contribution in [3.8, 4) is 0 Å². The summed E-state index contributed by atoms with van der Waals surface area (Å²) in [6.07, 6.45) is 2.78. The fourth-order valence-corrected chi connectivity index (χ4v) is 4.72. The number of nitrogens with one attached hydrogen (secondary N) is 1. The normalized spacial score (nSPS) is 19.5. The number of sulfonamides is 1. The molecule has 2 fully saturated rings. The lowest BCUT2D eigenvalue weighted by Crippen LogP contribution is -2.52. The molecule has 0 unspecified atom stereocenters. The van der Waals surface area contributed by atoms with Crippen LogP contribution in [0.2, 0.25) is 0 Å². The maximum absolute atomic E-state index is 12.8. The highest BCUT2D eigenvalue weighted by Gasteiger charge is 2.31. The molecule has 2 saturated heterocycles. The smallest absolute Gasteiger partial charge is 0.253 e. The van der Waals surface area contributed by atoms with E-state index in [1.807, 2.05) is 0 Å². The van der Waals surface area contributed by atoms with Crippen LogP contribution in [0.25, 0.3) is 0 Å². The minimum absolute atomic E-state index is 0.00112. The highest BCUT2D eigenvalue weighted by Crippen LogP contribution is 2.18. The minimum Gasteiger partial charge on any atom is -0.468 e. The van der Waals surface area contributed by atoms with Crippen molar-refractivity contribution in [2.45, 2.75) is 30.4 Å². The number of piperazine rings is 1. The van der Waals surface area contributed by atoms with E-state index < -0.39 is 10.0 Å². The molecule has 1 aromatic heterocycles. The number of benzene rings is 1. The van der Waals surface area contributed by atoms with Crippen molar-refractivity contribution in [3.63, 3.8) is 0 Å². The van der Waals surface area contributed by atoms with Crippen molar-refractivity contribution in [3.05, 3.63) is 54.0 Å². The Kier molecular flexibility index (Phi) is 6.40. The highest BCUT2D eigenvalue weighted by molar-refractivity contribution is 7.89. The van der Waals surface area contributed by atoms with Gasteiger partial charge in [-0.2, -0.15) is 0 Å². The van der Waals surface area contributed by atoms with Gasteiger partial charge in [-0.3, -0.25) is 9.59 Å². The Morgan fingerprint density at radius 3 is 2.35 bits per heavy atom. The van der Waals surface area contributed by atoms with Gasteiger partial charge in [-0.15, -0.1) is 0 Å². The van der Waals surface area contributed by atoms with E-state index in [2.05, 4.69) is 4.72 Å². The zero-order valence-electron chi connectivity index (χ0n) is 17.0. The van der Waals surface area contributed by atoms with Crippen molar-refractivity contribution in [2.24, 2.45) is 0 Å². The quantitative estimate of drug-likeness (QED) is 0.713. The molecule has 2 amide bonds. The molecule has 2 aliphatic heterocycles. The van der Waals surface area contributed by atoms with Crippen LogP contribution in [0.5, 0.6) is 0 Å². The Morgan fingerprint density at radius 2 is 1.74 bits per heavy atom. The SMILES string of the molecule is O=C(c1ccc(S(=O)(=O)NCc2ccco2)cc1)N1CCN(C(=O)[C@H]2CCCO2)CC1. The average Bonchev–Trinajstić information content (AvgIpc) is 3.51. The molecule has 166 valence electrons. The van der Waals surface area contributed by atoms with Gasteiger partial charge in [-0.25, -0.2) is 13.1 Å². The molecule has 31 heavy (non-hydrogen) atoms. The summed E-state index contributed by atoms with van der Waals surface area (Å²) in [5.41, 5.74) is 0.406. The number of amides is 2. The van der Waals surface area contributed by atoms with Crippen molar-refractivity contribution in [1.29, 1.82) is 0 Å². The van der Waals surface area contributed by atoms with E-state index >= 15 is 0 Å². The van der Waals surface area contributed by atoms with Gasteiger partial charge in [-0.1, -0.05) is 0 Å². The van der Waals surface area contributed by atoms with Crippen molar-refractivity contribution in [1.82, 2.24) is 14.5 Å². The molecule has 1 aromatic carbocycles. The lowest BCUT2D eigenvalue weighted by Gasteiger charge is -2.35. The highest BCUT2D eigenvalue weighted by atomic mass is 32.2. The maximum atomic E-state index is 12.8. The predicted octanol–water partition coefficient (Wildman–Crippen LogP) is 1.22. The summed E-state index contributed by atoms with van der Waals surface area (Å²) in [6.45, 7) is 2.47. The Bertz CT molecular complexity index is 1010. The summed E-state index contributed by atoms with van der Waals surface area (Å²) >= 11 is 0. The topological polar surface area (TPSA) is 109 Å². The van der Waals surface area contributed by atoms with Gasteiger partial charge in [0.1, 0.15) is 11.9 Å². The molecule has 0 spiro atoms. The minimum atomic E-state index is -3.72. The molecule has 0 bridgehead atoms. The monoisotopic (exact) mass is 447 g/mol. The van der Waals surface area contributed by atoms with Gasteiger partial charge in [0.05, 0.1) is 17.7 Å². The number of furan rings is 1. The maximum Gasteiger partial charge on any atom is 0.253 e. The molecule has 1 atom stereocenters. The third-order valence-corrected chi connectivity index (χ3v) is 6.93. The van der Waals surface area contributed by atoms with E-state index in [-0.39, 0.29) is 29.4 Å². The molecule has 2 aromatic rings. The zero-order chi connectivity index (χ0) is 21.8. The molecule has 0 saturated carbocycles. The van der Waals surface area contributed by atoms with Gasteiger partial charge < -0.3 is 19.0 Å². The Hall–Kier alpha value is -2.69. The van der Waals surface area contributed by atoms with Crippen LogP contribution in [0.4, 0.5) is 0 Å². The molecular weight excluding hydrogens is 422 g/mol. The second-order valence-electron chi connectivity index (χ2n) is 7.55. The first-order valence-corrected chi connectivity index (χ1v) is 11.7. The molecule has 2 aliphatic rings. The van der Waals surface area contributed by atoms with Crippen LogP contribution in [0.3, 0.4) is 0 Å². The van der Waals surface area contributed by atoms with Crippen LogP contribution in [0.1, 0.15) is 29.0 Å². The summed E-state index contributed by atoms with van der Waals surface area (Å²) in [4.78, 5) is 28.7. The fourth-order valence-electron chi connectivity index (χ4n) is 3.73. The molecule has 10 heteroatoms. The summed E-state index contributed by atoms with van der Waals surface area (Å²) in [6, 6.07) is 9.20. The van der Waals surface area contributed by atoms with E-state index in [9.17, 15) is 18.0 Å². The largest absolute Gasteiger partial charge is 0.468 e. The third kappa shape index (κ3) is 4.97. The summed E-state index contributed by atoms with van der Waals surface area (Å²) < 4.78 is 37.9. The van der Waals surface area contributed by atoms with Crippen LogP contribution < -0.4 is 4.72 Å². The molecule has 3 heterocycles. The van der Waals surface area contributed by atoms with Crippen LogP contribution in [-0.4, -0.2) is 68.9 Å². The third-order valence-electron chi connectivity index (χ3n) is 5.51. The Balaban J connectivity index is 1.32. The number of hydrogen-bond donors (Lipinski definition) is 1. The van der Waals surface area contributed by atoms with E-state index in [0.29, 0.717) is 44.1 Å². The fraction of sp³-hybridized carbons (Fsp3) is 0.429.